The van der Waals surface area contributed by atoms with Gasteiger partial charge in [0, 0.05) is 28.9 Å². The molecule has 0 saturated heterocycles. The molecule has 0 aliphatic heterocycles. The highest BCUT2D eigenvalue weighted by Gasteiger charge is 2.11. The first-order valence-electron chi connectivity index (χ1n) is 6.54. The van der Waals surface area contributed by atoms with Crippen molar-refractivity contribution < 1.29 is 4.39 Å². The Kier molecular flexibility index (Phi) is 3.54. The van der Waals surface area contributed by atoms with Crippen LogP contribution in [0.2, 0.25) is 0 Å². The Hall–Kier alpha value is -1.72. The van der Waals surface area contributed by atoms with Crippen LogP contribution in [0.25, 0.3) is 10.1 Å². The summed E-state index contributed by atoms with van der Waals surface area (Å²) < 4.78 is 15.9. The molecule has 3 nitrogen and oxygen atoms in total. The summed E-state index contributed by atoms with van der Waals surface area (Å²) >= 11 is 1.57. The number of fused-ring (bicyclic) bond motifs is 1. The van der Waals surface area contributed by atoms with Gasteiger partial charge in [-0.15, -0.1) is 11.3 Å². The number of nitrogens with zero attached hydrogens (tertiary/aromatic N) is 2. The zero-order chi connectivity index (χ0) is 14.1. The van der Waals surface area contributed by atoms with Gasteiger partial charge in [0.15, 0.2) is 0 Å². The number of halogens is 1. The topological polar surface area (TPSA) is 43.8 Å². The molecule has 0 aliphatic rings. The van der Waals surface area contributed by atoms with Crippen LogP contribution in [0.15, 0.2) is 36.7 Å². The molecule has 1 atom stereocenters. The molecule has 2 N–H and O–H groups in total. The molecule has 1 aromatic carbocycles. The fourth-order valence-electron chi connectivity index (χ4n) is 2.27. The quantitative estimate of drug-likeness (QED) is 0.800. The summed E-state index contributed by atoms with van der Waals surface area (Å²) in [6.07, 6.45) is 5.64. The van der Waals surface area contributed by atoms with Crippen LogP contribution in [0.5, 0.6) is 0 Å². The normalized spacial score (nSPS) is 12.9. The minimum absolute atomic E-state index is 0.0179. The lowest BCUT2D eigenvalue weighted by molar-refractivity contribution is 0.630. The van der Waals surface area contributed by atoms with E-state index in [2.05, 4.69) is 11.2 Å². The predicted molar refractivity (Wildman–Crippen MR) is 80.2 cm³/mol. The van der Waals surface area contributed by atoms with Gasteiger partial charge in [-0.3, -0.25) is 4.68 Å². The molecule has 0 fully saturated rings. The lowest BCUT2D eigenvalue weighted by Gasteiger charge is -2.07. The van der Waals surface area contributed by atoms with Crippen molar-refractivity contribution in [3.05, 3.63) is 52.9 Å². The van der Waals surface area contributed by atoms with Gasteiger partial charge in [0.05, 0.1) is 6.20 Å². The van der Waals surface area contributed by atoms with E-state index in [1.165, 1.54) is 11.6 Å². The summed E-state index contributed by atoms with van der Waals surface area (Å²) in [5, 5.41) is 5.21. The van der Waals surface area contributed by atoms with E-state index in [0.717, 1.165) is 27.8 Å². The number of aryl methyl sites for hydroxylation is 2. The lowest BCUT2D eigenvalue weighted by Crippen LogP contribution is -2.09. The summed E-state index contributed by atoms with van der Waals surface area (Å²) in [5.74, 6) is -0.199. The number of thiophene rings is 1. The Bertz CT molecular complexity index is 732. The highest BCUT2D eigenvalue weighted by molar-refractivity contribution is 7.19. The summed E-state index contributed by atoms with van der Waals surface area (Å²) in [7, 11) is 1.91. The van der Waals surface area contributed by atoms with E-state index < -0.39 is 0 Å². The molecular formula is C15H16FN3S. The van der Waals surface area contributed by atoms with E-state index in [1.807, 2.05) is 19.4 Å². The molecule has 5 heteroatoms. The van der Waals surface area contributed by atoms with Crippen molar-refractivity contribution in [1.29, 1.82) is 0 Å². The van der Waals surface area contributed by atoms with Crippen LogP contribution in [0.1, 0.15) is 22.9 Å². The second-order valence-corrected chi connectivity index (χ2v) is 6.11. The van der Waals surface area contributed by atoms with E-state index in [0.29, 0.717) is 0 Å². The average molecular weight is 289 g/mol. The molecular weight excluding hydrogens is 273 g/mol. The van der Waals surface area contributed by atoms with Gasteiger partial charge >= 0.3 is 0 Å². The SMILES string of the molecule is Cn1cc(CCC(N)c2cc3ccc(F)cc3s2)cn1. The van der Waals surface area contributed by atoms with Crippen molar-refractivity contribution in [3.8, 4) is 0 Å². The van der Waals surface area contributed by atoms with Crippen molar-refractivity contribution in [2.75, 3.05) is 0 Å². The standard InChI is InChI=1S/C15H16FN3S/c1-19-9-10(8-18-19)2-5-13(17)15-6-11-3-4-12(16)7-14(11)20-15/h3-4,6-9,13H,2,5,17H2,1H3. The minimum atomic E-state index is -0.199. The fraction of sp³-hybridized carbons (Fsp3) is 0.267. The highest BCUT2D eigenvalue weighted by Crippen LogP contribution is 2.31. The Labute approximate surface area is 120 Å². The maximum absolute atomic E-state index is 13.2. The van der Waals surface area contributed by atoms with Gasteiger partial charge in [-0.2, -0.15) is 5.10 Å². The first kappa shape index (κ1) is 13.3. The lowest BCUT2D eigenvalue weighted by atomic mass is 10.1. The van der Waals surface area contributed by atoms with Gasteiger partial charge in [0.1, 0.15) is 5.82 Å². The Morgan fingerprint density at radius 3 is 3.00 bits per heavy atom. The van der Waals surface area contributed by atoms with Crippen LogP contribution >= 0.6 is 11.3 Å². The molecule has 20 heavy (non-hydrogen) atoms. The number of hydrogen-bond acceptors (Lipinski definition) is 3. The molecule has 104 valence electrons. The monoisotopic (exact) mass is 289 g/mol. The van der Waals surface area contributed by atoms with Crippen LogP contribution in [0.3, 0.4) is 0 Å². The fourth-order valence-corrected chi connectivity index (χ4v) is 3.40. The van der Waals surface area contributed by atoms with Gasteiger partial charge in [0.25, 0.3) is 0 Å². The molecule has 0 saturated carbocycles. The van der Waals surface area contributed by atoms with E-state index >= 15 is 0 Å². The molecule has 0 amide bonds. The van der Waals surface area contributed by atoms with Gasteiger partial charge in [0.2, 0.25) is 0 Å². The number of hydrogen-bond donors (Lipinski definition) is 1. The number of aromatic nitrogens is 2. The van der Waals surface area contributed by atoms with E-state index in [1.54, 1.807) is 28.2 Å². The third-order valence-electron chi connectivity index (χ3n) is 3.37. The van der Waals surface area contributed by atoms with Gasteiger partial charge < -0.3 is 5.73 Å². The van der Waals surface area contributed by atoms with Crippen LogP contribution in [-0.2, 0) is 13.5 Å². The van der Waals surface area contributed by atoms with Gasteiger partial charge in [-0.1, -0.05) is 6.07 Å². The summed E-state index contributed by atoms with van der Waals surface area (Å²) in [4.78, 5) is 1.11. The zero-order valence-electron chi connectivity index (χ0n) is 11.2. The first-order valence-corrected chi connectivity index (χ1v) is 7.35. The molecule has 0 spiro atoms. The van der Waals surface area contributed by atoms with E-state index in [-0.39, 0.29) is 11.9 Å². The minimum Gasteiger partial charge on any atom is -0.323 e. The van der Waals surface area contributed by atoms with E-state index in [9.17, 15) is 4.39 Å². The number of rotatable bonds is 4. The van der Waals surface area contributed by atoms with Crippen molar-refractivity contribution in [1.82, 2.24) is 9.78 Å². The molecule has 0 aliphatic carbocycles. The maximum atomic E-state index is 13.2. The third-order valence-corrected chi connectivity index (χ3v) is 4.60. The van der Waals surface area contributed by atoms with Crippen LogP contribution in [-0.4, -0.2) is 9.78 Å². The molecule has 3 aromatic rings. The van der Waals surface area contributed by atoms with Crippen LogP contribution in [0, 0.1) is 5.82 Å². The zero-order valence-corrected chi connectivity index (χ0v) is 12.0. The Balaban J connectivity index is 1.73. The summed E-state index contributed by atoms with van der Waals surface area (Å²) in [5.41, 5.74) is 7.43. The maximum Gasteiger partial charge on any atom is 0.124 e. The van der Waals surface area contributed by atoms with E-state index in [4.69, 9.17) is 5.73 Å². The van der Waals surface area contributed by atoms with Gasteiger partial charge in [-0.05, 0) is 42.0 Å². The number of benzene rings is 1. The highest BCUT2D eigenvalue weighted by atomic mass is 32.1. The first-order chi connectivity index (χ1) is 9.61. The Morgan fingerprint density at radius 1 is 1.40 bits per heavy atom. The second-order valence-electron chi connectivity index (χ2n) is 5.00. The molecule has 1 unspecified atom stereocenters. The molecule has 0 bridgehead atoms. The summed E-state index contributed by atoms with van der Waals surface area (Å²) in [6, 6.07) is 6.90. The molecule has 2 heterocycles. The largest absolute Gasteiger partial charge is 0.323 e. The number of nitrogens with two attached hydrogens (primary N) is 1. The third kappa shape index (κ3) is 2.73. The Morgan fingerprint density at radius 2 is 2.25 bits per heavy atom. The predicted octanol–water partition coefficient (Wildman–Crippen LogP) is 3.41. The second kappa shape index (κ2) is 5.34. The average Bonchev–Trinajstić information content (AvgIpc) is 3.01. The van der Waals surface area contributed by atoms with Crippen molar-refractivity contribution in [2.24, 2.45) is 12.8 Å². The van der Waals surface area contributed by atoms with Crippen LogP contribution in [0.4, 0.5) is 4.39 Å². The smallest absolute Gasteiger partial charge is 0.124 e. The van der Waals surface area contributed by atoms with Gasteiger partial charge in [-0.25, -0.2) is 4.39 Å². The summed E-state index contributed by atoms with van der Waals surface area (Å²) in [6.45, 7) is 0. The van der Waals surface area contributed by atoms with Crippen molar-refractivity contribution >= 4 is 21.4 Å². The van der Waals surface area contributed by atoms with Crippen LogP contribution < -0.4 is 5.73 Å². The molecule has 3 rings (SSSR count). The van der Waals surface area contributed by atoms with Crippen molar-refractivity contribution in [2.45, 2.75) is 18.9 Å². The molecule has 2 aromatic heterocycles. The van der Waals surface area contributed by atoms with Crippen molar-refractivity contribution in [3.63, 3.8) is 0 Å². The molecule has 0 radical (unpaired) electrons.